The first-order valence-electron chi connectivity index (χ1n) is 5.80. The molecule has 18 heavy (non-hydrogen) atoms. The smallest absolute Gasteiger partial charge is 0.157 e. The van der Waals surface area contributed by atoms with Gasteiger partial charge in [-0.25, -0.2) is 9.50 Å². The SMILES string of the molecule is CC(Nc1ccn2nccc2n1)c1cccnc1. The minimum Gasteiger partial charge on any atom is -0.363 e. The predicted molar refractivity (Wildman–Crippen MR) is 69.3 cm³/mol. The van der Waals surface area contributed by atoms with Crippen molar-refractivity contribution in [3.05, 3.63) is 54.6 Å². The second kappa shape index (κ2) is 4.44. The Kier molecular flexibility index (Phi) is 2.64. The fourth-order valence-electron chi connectivity index (χ4n) is 1.83. The van der Waals surface area contributed by atoms with E-state index in [1.54, 1.807) is 16.9 Å². The molecule has 0 spiro atoms. The third-order valence-electron chi connectivity index (χ3n) is 2.81. The third kappa shape index (κ3) is 2.02. The number of hydrogen-bond donors (Lipinski definition) is 1. The number of anilines is 1. The van der Waals surface area contributed by atoms with Crippen LogP contribution in [0, 0.1) is 0 Å². The monoisotopic (exact) mass is 239 g/mol. The predicted octanol–water partition coefficient (Wildman–Crippen LogP) is 2.30. The molecule has 90 valence electrons. The Morgan fingerprint density at radius 1 is 1.22 bits per heavy atom. The first-order chi connectivity index (χ1) is 8.83. The van der Waals surface area contributed by atoms with Crippen LogP contribution in [0.3, 0.4) is 0 Å². The van der Waals surface area contributed by atoms with Crippen molar-refractivity contribution in [2.75, 3.05) is 5.32 Å². The average Bonchev–Trinajstić information content (AvgIpc) is 2.87. The maximum Gasteiger partial charge on any atom is 0.157 e. The molecule has 0 saturated carbocycles. The van der Waals surface area contributed by atoms with Gasteiger partial charge in [-0.3, -0.25) is 4.98 Å². The maximum absolute atomic E-state index is 4.47. The molecule has 1 atom stereocenters. The van der Waals surface area contributed by atoms with E-state index in [-0.39, 0.29) is 6.04 Å². The number of rotatable bonds is 3. The molecular formula is C13H13N5. The van der Waals surface area contributed by atoms with Crippen LogP contribution < -0.4 is 5.32 Å². The molecule has 5 nitrogen and oxygen atoms in total. The standard InChI is InChI=1S/C13H13N5/c1-10(11-3-2-6-14-9-11)16-12-5-8-18-13(17-12)4-7-15-18/h2-10H,1H3,(H,16,17). The van der Waals surface area contributed by atoms with Crippen molar-refractivity contribution >= 4 is 11.5 Å². The van der Waals surface area contributed by atoms with Crippen LogP contribution in [-0.4, -0.2) is 19.6 Å². The van der Waals surface area contributed by atoms with E-state index in [1.165, 1.54) is 0 Å². The van der Waals surface area contributed by atoms with Gasteiger partial charge in [-0.05, 0) is 24.6 Å². The van der Waals surface area contributed by atoms with Crippen LogP contribution in [0.2, 0.25) is 0 Å². The van der Waals surface area contributed by atoms with Crippen molar-refractivity contribution < 1.29 is 0 Å². The normalized spacial score (nSPS) is 12.5. The van der Waals surface area contributed by atoms with Gasteiger partial charge >= 0.3 is 0 Å². The fraction of sp³-hybridized carbons (Fsp3) is 0.154. The molecule has 0 bridgehead atoms. The topological polar surface area (TPSA) is 55.1 Å². The molecule has 3 aromatic heterocycles. The maximum atomic E-state index is 4.47. The summed E-state index contributed by atoms with van der Waals surface area (Å²) in [5, 5.41) is 7.46. The highest BCUT2D eigenvalue weighted by atomic mass is 15.2. The number of fused-ring (bicyclic) bond motifs is 1. The highest BCUT2D eigenvalue weighted by Gasteiger charge is 2.06. The lowest BCUT2D eigenvalue weighted by atomic mass is 10.1. The van der Waals surface area contributed by atoms with Gasteiger partial charge in [0.05, 0.1) is 12.2 Å². The molecule has 0 aromatic carbocycles. The summed E-state index contributed by atoms with van der Waals surface area (Å²) < 4.78 is 1.74. The number of pyridine rings is 1. The van der Waals surface area contributed by atoms with Crippen molar-refractivity contribution in [1.29, 1.82) is 0 Å². The van der Waals surface area contributed by atoms with E-state index in [0.717, 1.165) is 17.0 Å². The quantitative estimate of drug-likeness (QED) is 0.762. The molecule has 0 radical (unpaired) electrons. The number of aromatic nitrogens is 4. The van der Waals surface area contributed by atoms with Gasteiger partial charge in [-0.1, -0.05) is 6.07 Å². The largest absolute Gasteiger partial charge is 0.363 e. The molecule has 3 rings (SSSR count). The molecule has 1 unspecified atom stereocenters. The zero-order valence-electron chi connectivity index (χ0n) is 9.99. The van der Waals surface area contributed by atoms with Gasteiger partial charge in [0, 0.05) is 24.7 Å². The Bertz CT molecular complexity index is 647. The van der Waals surface area contributed by atoms with Gasteiger partial charge in [0.1, 0.15) is 5.82 Å². The van der Waals surface area contributed by atoms with Crippen molar-refractivity contribution in [3.63, 3.8) is 0 Å². The summed E-state index contributed by atoms with van der Waals surface area (Å²) >= 11 is 0. The first-order valence-corrected chi connectivity index (χ1v) is 5.80. The third-order valence-corrected chi connectivity index (χ3v) is 2.81. The van der Waals surface area contributed by atoms with Crippen molar-refractivity contribution in [2.45, 2.75) is 13.0 Å². The fourth-order valence-corrected chi connectivity index (χ4v) is 1.83. The Morgan fingerprint density at radius 2 is 2.17 bits per heavy atom. The molecule has 5 heteroatoms. The molecular weight excluding hydrogens is 226 g/mol. The van der Waals surface area contributed by atoms with E-state index < -0.39 is 0 Å². The molecule has 0 saturated heterocycles. The van der Waals surface area contributed by atoms with E-state index in [9.17, 15) is 0 Å². The second-order valence-corrected chi connectivity index (χ2v) is 4.10. The zero-order valence-corrected chi connectivity index (χ0v) is 9.99. The summed E-state index contributed by atoms with van der Waals surface area (Å²) in [5.41, 5.74) is 1.96. The second-order valence-electron chi connectivity index (χ2n) is 4.10. The number of nitrogens with one attached hydrogen (secondary N) is 1. The molecule has 0 aliphatic carbocycles. The molecule has 0 aliphatic heterocycles. The van der Waals surface area contributed by atoms with Gasteiger partial charge in [-0.2, -0.15) is 5.10 Å². The van der Waals surface area contributed by atoms with Gasteiger partial charge in [0.15, 0.2) is 5.65 Å². The van der Waals surface area contributed by atoms with E-state index in [2.05, 4.69) is 27.3 Å². The van der Waals surface area contributed by atoms with Crippen LogP contribution >= 0.6 is 0 Å². The van der Waals surface area contributed by atoms with Gasteiger partial charge in [-0.15, -0.1) is 0 Å². The number of hydrogen-bond acceptors (Lipinski definition) is 4. The average molecular weight is 239 g/mol. The molecule has 3 aromatic rings. The van der Waals surface area contributed by atoms with Crippen LogP contribution in [0.15, 0.2) is 49.1 Å². The Labute approximate surface area is 105 Å². The van der Waals surface area contributed by atoms with E-state index >= 15 is 0 Å². The number of nitrogens with zero attached hydrogens (tertiary/aromatic N) is 4. The highest BCUT2D eigenvalue weighted by molar-refractivity contribution is 5.46. The zero-order chi connectivity index (χ0) is 12.4. The van der Waals surface area contributed by atoms with Gasteiger partial charge in [0.25, 0.3) is 0 Å². The van der Waals surface area contributed by atoms with Crippen LogP contribution in [0.5, 0.6) is 0 Å². The van der Waals surface area contributed by atoms with E-state index in [0.29, 0.717) is 0 Å². The molecule has 0 aliphatic rings. The van der Waals surface area contributed by atoms with Crippen molar-refractivity contribution in [2.24, 2.45) is 0 Å². The summed E-state index contributed by atoms with van der Waals surface area (Å²) in [7, 11) is 0. The minimum atomic E-state index is 0.163. The van der Waals surface area contributed by atoms with Gasteiger partial charge < -0.3 is 5.32 Å². The Morgan fingerprint density at radius 3 is 3.00 bits per heavy atom. The van der Waals surface area contributed by atoms with Crippen LogP contribution in [-0.2, 0) is 0 Å². The van der Waals surface area contributed by atoms with Crippen LogP contribution in [0.25, 0.3) is 5.65 Å². The Balaban J connectivity index is 1.83. The lowest BCUT2D eigenvalue weighted by molar-refractivity contribution is 0.860. The van der Waals surface area contributed by atoms with Crippen molar-refractivity contribution in [1.82, 2.24) is 19.6 Å². The molecule has 1 N–H and O–H groups in total. The van der Waals surface area contributed by atoms with Crippen molar-refractivity contribution in [3.8, 4) is 0 Å². The van der Waals surface area contributed by atoms with Gasteiger partial charge in [0.2, 0.25) is 0 Å². The van der Waals surface area contributed by atoms with E-state index in [4.69, 9.17) is 0 Å². The summed E-state index contributed by atoms with van der Waals surface area (Å²) in [6.07, 6.45) is 7.25. The van der Waals surface area contributed by atoms with Crippen LogP contribution in [0.1, 0.15) is 18.5 Å². The highest BCUT2D eigenvalue weighted by Crippen LogP contribution is 2.16. The molecule has 0 fully saturated rings. The summed E-state index contributed by atoms with van der Waals surface area (Å²) in [4.78, 5) is 8.58. The summed E-state index contributed by atoms with van der Waals surface area (Å²) in [6, 6.07) is 7.92. The summed E-state index contributed by atoms with van der Waals surface area (Å²) in [6.45, 7) is 2.08. The minimum absolute atomic E-state index is 0.163. The van der Waals surface area contributed by atoms with Crippen LogP contribution in [0.4, 0.5) is 5.82 Å². The Hall–Kier alpha value is -2.43. The summed E-state index contributed by atoms with van der Waals surface area (Å²) in [5.74, 6) is 0.833. The lowest BCUT2D eigenvalue weighted by Crippen LogP contribution is -2.08. The lowest BCUT2D eigenvalue weighted by Gasteiger charge is -2.14. The first kappa shape index (κ1) is 10.7. The molecule has 3 heterocycles. The molecule has 0 amide bonds. The van der Waals surface area contributed by atoms with E-state index in [1.807, 2.05) is 36.7 Å².